The lowest BCUT2D eigenvalue weighted by atomic mass is 10.0. The van der Waals surface area contributed by atoms with Gasteiger partial charge in [0.15, 0.2) is 0 Å². The molecule has 0 aromatic rings. The van der Waals surface area contributed by atoms with Crippen molar-refractivity contribution in [2.45, 2.75) is 71.3 Å². The van der Waals surface area contributed by atoms with Crippen LogP contribution in [0.3, 0.4) is 0 Å². The van der Waals surface area contributed by atoms with Crippen molar-refractivity contribution in [3.63, 3.8) is 0 Å². The molecule has 0 spiro atoms. The molecule has 5 unspecified atom stereocenters. The SMILES string of the molecule is CC(C)C(NC(=O)C(NC(=O)C(NC(=O)C(N)CC(N)=O)C(C)C)C(C)O)C(=O)O. The number of aliphatic carboxylic acids is 1. The third-order valence-corrected chi connectivity index (χ3v) is 4.30. The Balaban J connectivity index is 5.36. The van der Waals surface area contributed by atoms with Crippen LogP contribution in [0.15, 0.2) is 0 Å². The first kappa shape index (κ1) is 27.3. The molecule has 5 atom stereocenters. The second kappa shape index (κ2) is 12.1. The summed E-state index contributed by atoms with van der Waals surface area (Å²) < 4.78 is 0. The van der Waals surface area contributed by atoms with Crippen LogP contribution in [-0.2, 0) is 24.0 Å². The lowest BCUT2D eigenvalue weighted by molar-refractivity contribution is -0.144. The van der Waals surface area contributed by atoms with Gasteiger partial charge in [-0.05, 0) is 18.8 Å². The van der Waals surface area contributed by atoms with E-state index in [9.17, 15) is 34.2 Å². The van der Waals surface area contributed by atoms with Crippen LogP contribution in [0.2, 0.25) is 0 Å². The van der Waals surface area contributed by atoms with Gasteiger partial charge >= 0.3 is 5.97 Å². The van der Waals surface area contributed by atoms with Crippen molar-refractivity contribution in [2.24, 2.45) is 23.3 Å². The smallest absolute Gasteiger partial charge is 0.326 e. The molecule has 30 heavy (non-hydrogen) atoms. The number of nitrogens with two attached hydrogens (primary N) is 2. The summed E-state index contributed by atoms with van der Waals surface area (Å²) >= 11 is 0. The van der Waals surface area contributed by atoms with Crippen LogP contribution < -0.4 is 27.4 Å². The molecule has 0 saturated heterocycles. The van der Waals surface area contributed by atoms with Crippen LogP contribution in [0.4, 0.5) is 0 Å². The van der Waals surface area contributed by atoms with E-state index in [2.05, 4.69) is 16.0 Å². The van der Waals surface area contributed by atoms with Gasteiger partial charge in [0.1, 0.15) is 18.1 Å². The van der Waals surface area contributed by atoms with E-state index in [1.807, 2.05) is 0 Å². The van der Waals surface area contributed by atoms with E-state index in [0.717, 1.165) is 0 Å². The number of carbonyl (C=O) groups excluding carboxylic acids is 4. The van der Waals surface area contributed by atoms with E-state index in [-0.39, 0.29) is 0 Å². The monoisotopic (exact) mass is 431 g/mol. The summed E-state index contributed by atoms with van der Waals surface area (Å²) in [5.74, 6) is -5.38. The predicted molar refractivity (Wildman–Crippen MR) is 107 cm³/mol. The topological polar surface area (TPSA) is 214 Å². The summed E-state index contributed by atoms with van der Waals surface area (Å²) in [5.41, 5.74) is 10.6. The van der Waals surface area contributed by atoms with Crippen LogP contribution in [-0.4, -0.2) is 70.1 Å². The van der Waals surface area contributed by atoms with Gasteiger partial charge in [0.2, 0.25) is 23.6 Å². The highest BCUT2D eigenvalue weighted by Crippen LogP contribution is 2.07. The number of hydrogen-bond donors (Lipinski definition) is 7. The van der Waals surface area contributed by atoms with Gasteiger partial charge in [-0.2, -0.15) is 0 Å². The van der Waals surface area contributed by atoms with E-state index in [0.29, 0.717) is 0 Å². The minimum atomic E-state index is -1.46. The molecule has 4 amide bonds. The molecule has 0 fully saturated rings. The van der Waals surface area contributed by atoms with Crippen LogP contribution >= 0.6 is 0 Å². The van der Waals surface area contributed by atoms with Gasteiger partial charge in [0.25, 0.3) is 0 Å². The van der Waals surface area contributed by atoms with Gasteiger partial charge in [-0.1, -0.05) is 27.7 Å². The molecular formula is C18H33N5O7. The van der Waals surface area contributed by atoms with Crippen molar-refractivity contribution < 1.29 is 34.2 Å². The van der Waals surface area contributed by atoms with E-state index >= 15 is 0 Å². The van der Waals surface area contributed by atoms with Crippen molar-refractivity contribution in [3.05, 3.63) is 0 Å². The molecule has 0 radical (unpaired) electrons. The van der Waals surface area contributed by atoms with E-state index in [1.165, 1.54) is 6.92 Å². The van der Waals surface area contributed by atoms with Crippen molar-refractivity contribution in [2.75, 3.05) is 0 Å². The number of aliphatic hydroxyl groups excluding tert-OH is 1. The molecule has 0 aromatic heterocycles. The molecule has 9 N–H and O–H groups in total. The number of nitrogens with one attached hydrogen (secondary N) is 3. The molecule has 0 rings (SSSR count). The molecule has 12 heteroatoms. The van der Waals surface area contributed by atoms with E-state index in [1.54, 1.807) is 27.7 Å². The molecule has 0 aromatic carbocycles. The quantitative estimate of drug-likeness (QED) is 0.174. The largest absolute Gasteiger partial charge is 0.480 e. The summed E-state index contributed by atoms with van der Waals surface area (Å²) in [7, 11) is 0. The lowest BCUT2D eigenvalue weighted by Gasteiger charge is -2.28. The highest BCUT2D eigenvalue weighted by Gasteiger charge is 2.34. The number of carboxylic acids is 1. The third kappa shape index (κ3) is 8.74. The molecule has 12 nitrogen and oxygen atoms in total. The maximum atomic E-state index is 12.7. The molecule has 0 heterocycles. The lowest BCUT2D eigenvalue weighted by Crippen LogP contribution is -2.61. The fourth-order valence-corrected chi connectivity index (χ4v) is 2.51. The van der Waals surface area contributed by atoms with Crippen molar-refractivity contribution in [3.8, 4) is 0 Å². The number of rotatable bonds is 12. The Morgan fingerprint density at radius 2 is 1.17 bits per heavy atom. The van der Waals surface area contributed by atoms with Crippen LogP contribution in [0.25, 0.3) is 0 Å². The Morgan fingerprint density at radius 3 is 1.53 bits per heavy atom. The van der Waals surface area contributed by atoms with Gasteiger partial charge in [-0.3, -0.25) is 19.2 Å². The second-order valence-corrected chi connectivity index (χ2v) is 7.80. The first-order valence-corrected chi connectivity index (χ1v) is 9.54. The molecular weight excluding hydrogens is 398 g/mol. The standard InChI is InChI=1S/C18H33N5O7/c1-7(2)12(21-15(26)10(19)6-11(20)25)16(27)23-14(9(5)24)17(28)22-13(8(3)4)18(29)30/h7-10,12-14,24H,6,19H2,1-5H3,(H2,20,25)(H,21,26)(H,22,28)(H,23,27)(H,29,30). The highest BCUT2D eigenvalue weighted by atomic mass is 16.4. The molecule has 0 bridgehead atoms. The molecule has 0 saturated carbocycles. The predicted octanol–water partition coefficient (Wildman–Crippen LogP) is -2.58. The number of hydrogen-bond acceptors (Lipinski definition) is 7. The minimum Gasteiger partial charge on any atom is -0.480 e. The zero-order chi connectivity index (χ0) is 23.8. The maximum absolute atomic E-state index is 12.7. The average Bonchev–Trinajstić information content (AvgIpc) is 2.59. The Morgan fingerprint density at radius 1 is 0.767 bits per heavy atom. The maximum Gasteiger partial charge on any atom is 0.326 e. The zero-order valence-electron chi connectivity index (χ0n) is 17.8. The fourth-order valence-electron chi connectivity index (χ4n) is 2.51. The number of aliphatic hydroxyl groups is 1. The van der Waals surface area contributed by atoms with Gasteiger partial charge in [0, 0.05) is 0 Å². The third-order valence-electron chi connectivity index (χ3n) is 4.30. The van der Waals surface area contributed by atoms with Crippen molar-refractivity contribution in [1.29, 1.82) is 0 Å². The Kier molecular flexibility index (Phi) is 11.0. The molecule has 172 valence electrons. The molecule has 0 aliphatic carbocycles. The fraction of sp³-hybridized carbons (Fsp3) is 0.722. The number of carboxylic acid groups (broad SMARTS) is 1. The molecule has 0 aliphatic rings. The Bertz CT molecular complexity index is 651. The van der Waals surface area contributed by atoms with Crippen molar-refractivity contribution in [1.82, 2.24) is 16.0 Å². The van der Waals surface area contributed by atoms with Crippen LogP contribution in [0.5, 0.6) is 0 Å². The Hall–Kier alpha value is -2.73. The number of carbonyl (C=O) groups is 5. The van der Waals surface area contributed by atoms with Gasteiger partial charge in [0.05, 0.1) is 18.6 Å². The van der Waals surface area contributed by atoms with E-state index < -0.39 is 78.1 Å². The first-order valence-electron chi connectivity index (χ1n) is 9.54. The van der Waals surface area contributed by atoms with E-state index in [4.69, 9.17) is 11.5 Å². The number of primary amides is 1. The number of amides is 4. The van der Waals surface area contributed by atoms with Gasteiger partial charge < -0.3 is 37.6 Å². The zero-order valence-corrected chi connectivity index (χ0v) is 17.8. The summed E-state index contributed by atoms with van der Waals surface area (Å²) in [4.78, 5) is 59.5. The van der Waals surface area contributed by atoms with Crippen LogP contribution in [0, 0.1) is 11.8 Å². The normalized spacial score (nSPS) is 16.2. The summed E-state index contributed by atoms with van der Waals surface area (Å²) in [5, 5.41) is 26.1. The average molecular weight is 431 g/mol. The Labute approximate surface area is 175 Å². The first-order chi connectivity index (χ1) is 13.7. The summed E-state index contributed by atoms with van der Waals surface area (Å²) in [6.45, 7) is 7.69. The highest BCUT2D eigenvalue weighted by molar-refractivity contribution is 5.95. The van der Waals surface area contributed by atoms with Crippen molar-refractivity contribution >= 4 is 29.6 Å². The summed E-state index contributed by atoms with van der Waals surface area (Å²) in [6, 6.07) is -5.07. The molecule has 0 aliphatic heterocycles. The summed E-state index contributed by atoms with van der Waals surface area (Å²) in [6.07, 6.45) is -1.76. The minimum absolute atomic E-state index is 0.414. The van der Waals surface area contributed by atoms with Gasteiger partial charge in [-0.25, -0.2) is 4.79 Å². The second-order valence-electron chi connectivity index (χ2n) is 7.80. The van der Waals surface area contributed by atoms with Crippen LogP contribution in [0.1, 0.15) is 41.0 Å². The van der Waals surface area contributed by atoms with Gasteiger partial charge in [-0.15, -0.1) is 0 Å².